The van der Waals surface area contributed by atoms with Crippen molar-refractivity contribution in [3.05, 3.63) is 0 Å². The van der Waals surface area contributed by atoms with Crippen molar-refractivity contribution in [2.45, 2.75) is 5.52 Å². The Kier molecular flexibility index (Phi) is 2.39. The second kappa shape index (κ2) is 2.95. The third-order valence-corrected chi connectivity index (χ3v) is 1.78. The Morgan fingerprint density at radius 3 is 2.10 bits per heavy atom. The van der Waals surface area contributed by atoms with E-state index in [0.717, 1.165) is 26.3 Å². The molecule has 0 radical (unpaired) electrons. The van der Waals surface area contributed by atoms with Gasteiger partial charge in [-0.2, -0.15) is 0 Å². The van der Waals surface area contributed by atoms with Gasteiger partial charge >= 0.3 is 0 Å². The third kappa shape index (κ3) is 2.01. The lowest BCUT2D eigenvalue weighted by Crippen LogP contribution is -2.54. The molecule has 1 aliphatic rings. The molecule has 0 aromatic heterocycles. The summed E-state index contributed by atoms with van der Waals surface area (Å²) in [5.41, 5.74) is -0.677. The molecule has 0 atom stereocenters. The molecule has 1 N–H and O–H groups in total. The molecule has 0 aliphatic carbocycles. The van der Waals surface area contributed by atoms with Gasteiger partial charge in [-0.3, -0.25) is 4.90 Å². The Morgan fingerprint density at radius 1 is 1.30 bits per heavy atom. The summed E-state index contributed by atoms with van der Waals surface area (Å²) in [6.07, 6.45) is 0. The minimum atomic E-state index is -0.677. The van der Waals surface area contributed by atoms with Crippen LogP contribution in [0.4, 0.5) is 0 Å². The predicted molar refractivity (Wildman–Crippen MR) is 44.4 cm³/mol. The average Bonchev–Trinajstić information content (AvgIpc) is 1.88. The number of morpholine rings is 1. The maximum Gasteiger partial charge on any atom is 0.150 e. The fourth-order valence-electron chi connectivity index (χ4n) is 1.11. The molecule has 56 valence electrons. The number of hydrogen-bond donors (Lipinski definition) is 1. The van der Waals surface area contributed by atoms with E-state index in [1.165, 1.54) is 0 Å². The van der Waals surface area contributed by atoms with Crippen LogP contribution in [0.3, 0.4) is 0 Å². The van der Waals surface area contributed by atoms with Crippen LogP contribution >= 0.6 is 0 Å². The van der Waals surface area contributed by atoms with Crippen molar-refractivity contribution in [3.63, 3.8) is 0 Å². The molecular weight excluding hydrogens is 128 g/mol. The molecule has 0 aromatic rings. The first-order chi connectivity index (χ1) is 4.61. The first-order valence-electron chi connectivity index (χ1n) is 3.66. The standard InChI is InChI=1S/C5H13B2NO2/c6-5(7,9)8-1-3-10-4-2-8/h9H,1-4,6-7H2. The van der Waals surface area contributed by atoms with Crippen LogP contribution in [0.5, 0.6) is 0 Å². The van der Waals surface area contributed by atoms with E-state index in [1.54, 1.807) is 15.7 Å². The maximum absolute atomic E-state index is 9.51. The van der Waals surface area contributed by atoms with Crippen LogP contribution in [-0.2, 0) is 4.74 Å². The Balaban J connectivity index is 2.39. The molecule has 0 aromatic carbocycles. The molecule has 1 rings (SSSR count). The van der Waals surface area contributed by atoms with Crippen LogP contribution in [-0.4, -0.2) is 57.5 Å². The van der Waals surface area contributed by atoms with Crippen molar-refractivity contribution in [1.82, 2.24) is 4.90 Å². The topological polar surface area (TPSA) is 32.7 Å². The average molecular weight is 141 g/mol. The zero-order valence-corrected chi connectivity index (χ0v) is 6.63. The van der Waals surface area contributed by atoms with Crippen LogP contribution < -0.4 is 0 Å². The zero-order chi connectivity index (χ0) is 7.61. The van der Waals surface area contributed by atoms with Gasteiger partial charge in [0.2, 0.25) is 0 Å². The zero-order valence-electron chi connectivity index (χ0n) is 6.63. The molecule has 0 amide bonds. The lowest BCUT2D eigenvalue weighted by atomic mass is 9.72. The molecular formula is C5H13B2NO2. The monoisotopic (exact) mass is 141 g/mol. The predicted octanol–water partition coefficient (Wildman–Crippen LogP) is -2.81. The molecule has 3 nitrogen and oxygen atoms in total. The Morgan fingerprint density at radius 2 is 1.80 bits per heavy atom. The van der Waals surface area contributed by atoms with Crippen LogP contribution in [0.25, 0.3) is 0 Å². The van der Waals surface area contributed by atoms with E-state index in [-0.39, 0.29) is 0 Å². The van der Waals surface area contributed by atoms with Gasteiger partial charge < -0.3 is 9.84 Å². The molecule has 0 spiro atoms. The molecule has 1 aliphatic heterocycles. The van der Waals surface area contributed by atoms with Crippen molar-refractivity contribution >= 4 is 15.7 Å². The molecule has 1 heterocycles. The number of nitrogens with zero attached hydrogens (tertiary/aromatic N) is 1. The summed E-state index contributed by atoms with van der Waals surface area (Å²) in [6, 6.07) is 0. The van der Waals surface area contributed by atoms with E-state index >= 15 is 0 Å². The molecule has 1 fully saturated rings. The maximum atomic E-state index is 9.51. The second-order valence-electron chi connectivity index (χ2n) is 3.09. The highest BCUT2D eigenvalue weighted by atomic mass is 16.5. The fourth-order valence-corrected chi connectivity index (χ4v) is 1.11. The van der Waals surface area contributed by atoms with Gasteiger partial charge in [-0.25, -0.2) is 0 Å². The highest BCUT2D eigenvalue weighted by molar-refractivity contribution is 6.38. The lowest BCUT2D eigenvalue weighted by Gasteiger charge is -2.37. The van der Waals surface area contributed by atoms with Gasteiger partial charge in [-0.1, -0.05) is 0 Å². The minimum absolute atomic E-state index is 0.677. The van der Waals surface area contributed by atoms with Crippen molar-refractivity contribution in [2.24, 2.45) is 0 Å². The number of hydrogen-bond acceptors (Lipinski definition) is 3. The summed E-state index contributed by atoms with van der Waals surface area (Å²) in [7, 11) is 3.61. The second-order valence-corrected chi connectivity index (χ2v) is 3.09. The van der Waals surface area contributed by atoms with Gasteiger partial charge in [0.05, 0.1) is 13.2 Å². The number of aliphatic hydroxyl groups is 1. The molecule has 1 saturated heterocycles. The summed E-state index contributed by atoms with van der Waals surface area (Å²) in [5, 5.41) is 9.51. The summed E-state index contributed by atoms with van der Waals surface area (Å²) in [5.74, 6) is 0. The number of rotatable bonds is 1. The quantitative estimate of drug-likeness (QED) is 0.400. The van der Waals surface area contributed by atoms with Crippen molar-refractivity contribution in [2.75, 3.05) is 26.3 Å². The molecule has 0 bridgehead atoms. The van der Waals surface area contributed by atoms with E-state index in [9.17, 15) is 5.11 Å². The summed E-state index contributed by atoms with van der Waals surface area (Å²) in [4.78, 5) is 2.01. The van der Waals surface area contributed by atoms with Crippen LogP contribution in [0.15, 0.2) is 0 Å². The minimum Gasteiger partial charge on any atom is -0.394 e. The number of ether oxygens (including phenoxy) is 1. The first kappa shape index (κ1) is 8.11. The van der Waals surface area contributed by atoms with E-state index in [0.29, 0.717) is 0 Å². The van der Waals surface area contributed by atoms with Gasteiger partial charge in [0.1, 0.15) is 15.7 Å². The van der Waals surface area contributed by atoms with E-state index in [1.807, 2.05) is 4.90 Å². The molecule has 0 saturated carbocycles. The lowest BCUT2D eigenvalue weighted by molar-refractivity contribution is -0.0425. The third-order valence-electron chi connectivity index (χ3n) is 1.78. The van der Waals surface area contributed by atoms with E-state index < -0.39 is 5.52 Å². The van der Waals surface area contributed by atoms with Crippen molar-refractivity contribution < 1.29 is 9.84 Å². The molecule has 0 unspecified atom stereocenters. The Bertz CT molecular complexity index is 109. The summed E-state index contributed by atoms with van der Waals surface area (Å²) >= 11 is 0. The highest BCUT2D eigenvalue weighted by Crippen LogP contribution is 2.05. The van der Waals surface area contributed by atoms with Crippen LogP contribution in [0.1, 0.15) is 0 Å². The molecule has 5 heteroatoms. The highest BCUT2D eigenvalue weighted by Gasteiger charge is 2.24. The largest absolute Gasteiger partial charge is 0.394 e. The van der Waals surface area contributed by atoms with Crippen molar-refractivity contribution in [1.29, 1.82) is 0 Å². The smallest absolute Gasteiger partial charge is 0.150 e. The van der Waals surface area contributed by atoms with Gasteiger partial charge in [-0.15, -0.1) is 0 Å². The summed E-state index contributed by atoms with van der Waals surface area (Å²) in [6.45, 7) is 3.15. The van der Waals surface area contributed by atoms with Gasteiger partial charge in [0.15, 0.2) is 0 Å². The van der Waals surface area contributed by atoms with Crippen LogP contribution in [0.2, 0.25) is 0 Å². The van der Waals surface area contributed by atoms with E-state index in [2.05, 4.69) is 0 Å². The van der Waals surface area contributed by atoms with E-state index in [4.69, 9.17) is 4.74 Å². The fraction of sp³-hybridized carbons (Fsp3) is 1.00. The van der Waals surface area contributed by atoms with Crippen molar-refractivity contribution in [3.8, 4) is 0 Å². The first-order valence-corrected chi connectivity index (χ1v) is 3.66. The molecule has 10 heavy (non-hydrogen) atoms. The Hall–Kier alpha value is 0.00987. The van der Waals surface area contributed by atoms with Gasteiger partial charge in [-0.05, 0) is 0 Å². The van der Waals surface area contributed by atoms with Crippen LogP contribution in [0, 0.1) is 0 Å². The summed E-state index contributed by atoms with van der Waals surface area (Å²) < 4.78 is 5.14. The van der Waals surface area contributed by atoms with Gasteiger partial charge in [0.25, 0.3) is 0 Å². The van der Waals surface area contributed by atoms with Gasteiger partial charge in [0, 0.05) is 18.6 Å². The Labute approximate surface area is 63.2 Å². The SMILES string of the molecule is BC(B)(O)N1CCOCC1. The normalized spacial score (nSPS) is 22.9.